The molecule has 0 fully saturated rings. The third-order valence-electron chi connectivity index (χ3n) is 3.16. The van der Waals surface area contributed by atoms with Crippen LogP contribution in [0.5, 0.6) is 11.5 Å². The van der Waals surface area contributed by atoms with Crippen LogP contribution in [0, 0.1) is 0 Å². The van der Waals surface area contributed by atoms with Crippen molar-refractivity contribution >= 4 is 5.91 Å². The maximum atomic E-state index is 12.1. The highest BCUT2D eigenvalue weighted by Crippen LogP contribution is 2.37. The van der Waals surface area contributed by atoms with Crippen LogP contribution >= 0.6 is 0 Å². The number of hydrogen-bond donors (Lipinski definition) is 1. The van der Waals surface area contributed by atoms with Crippen LogP contribution in [0.2, 0.25) is 0 Å². The van der Waals surface area contributed by atoms with Crippen molar-refractivity contribution in [3.8, 4) is 11.5 Å². The molecule has 1 aliphatic heterocycles. The van der Waals surface area contributed by atoms with Crippen LogP contribution in [0.25, 0.3) is 0 Å². The van der Waals surface area contributed by atoms with E-state index in [1.165, 1.54) is 0 Å². The highest BCUT2D eigenvalue weighted by atomic mass is 16.5. The number of ether oxygens (including phenoxy) is 2. The summed E-state index contributed by atoms with van der Waals surface area (Å²) in [6.07, 6.45) is 2.85. The molecule has 0 bridgehead atoms. The van der Waals surface area contributed by atoms with Gasteiger partial charge in [0, 0.05) is 6.42 Å². The summed E-state index contributed by atoms with van der Waals surface area (Å²) in [6, 6.07) is 5.33. The monoisotopic (exact) mass is 249 g/mol. The van der Waals surface area contributed by atoms with Crippen LogP contribution in [-0.2, 0) is 0 Å². The third-order valence-corrected chi connectivity index (χ3v) is 3.16. The smallest absolute Gasteiger partial charge is 0.258 e. The van der Waals surface area contributed by atoms with Crippen molar-refractivity contribution in [2.24, 2.45) is 0 Å². The zero-order chi connectivity index (χ0) is 13.2. The maximum absolute atomic E-state index is 12.1. The third kappa shape index (κ3) is 2.28. The van der Waals surface area contributed by atoms with Gasteiger partial charge in [0.1, 0.15) is 0 Å². The summed E-state index contributed by atoms with van der Waals surface area (Å²) in [7, 11) is 1.58. The Labute approximate surface area is 107 Å². The number of amides is 1. The first-order chi connectivity index (χ1) is 8.59. The summed E-state index contributed by atoms with van der Waals surface area (Å²) in [5, 5.41) is 2.92. The number of unbranched alkanes of at least 4 members (excludes halogenated alkanes) is 1. The minimum atomic E-state index is -0.644. The molecule has 1 unspecified atom stereocenters. The maximum Gasteiger partial charge on any atom is 0.258 e. The van der Waals surface area contributed by atoms with Gasteiger partial charge in [-0.25, -0.2) is 0 Å². The molecule has 0 aromatic heterocycles. The molecular formula is C14H19NO3. The Morgan fingerprint density at radius 2 is 2.22 bits per heavy atom. The summed E-state index contributed by atoms with van der Waals surface area (Å²) < 4.78 is 11.2. The molecule has 4 heteroatoms. The molecule has 4 nitrogen and oxygen atoms in total. The van der Waals surface area contributed by atoms with E-state index in [2.05, 4.69) is 12.2 Å². The van der Waals surface area contributed by atoms with E-state index >= 15 is 0 Å². The second-order valence-electron chi connectivity index (χ2n) is 4.73. The zero-order valence-electron chi connectivity index (χ0n) is 11.1. The second kappa shape index (κ2) is 4.88. The van der Waals surface area contributed by atoms with Gasteiger partial charge in [-0.1, -0.05) is 19.4 Å². The Kier molecular flexibility index (Phi) is 3.45. The van der Waals surface area contributed by atoms with Crippen molar-refractivity contribution in [3.05, 3.63) is 23.8 Å². The Morgan fingerprint density at radius 3 is 2.89 bits per heavy atom. The molecule has 1 N–H and O–H groups in total. The van der Waals surface area contributed by atoms with Gasteiger partial charge in [0.05, 0.1) is 12.7 Å². The molecule has 0 radical (unpaired) electrons. The highest BCUT2D eigenvalue weighted by molar-refractivity contribution is 5.99. The average Bonchev–Trinajstić information content (AvgIpc) is 2.36. The summed E-state index contributed by atoms with van der Waals surface area (Å²) in [5.41, 5.74) is -0.113. The second-order valence-corrected chi connectivity index (χ2v) is 4.73. The first kappa shape index (κ1) is 12.7. The lowest BCUT2D eigenvalue weighted by Crippen LogP contribution is -2.53. The van der Waals surface area contributed by atoms with Crippen molar-refractivity contribution < 1.29 is 14.3 Å². The molecule has 1 aromatic rings. The fraction of sp³-hybridized carbons (Fsp3) is 0.500. The van der Waals surface area contributed by atoms with Crippen molar-refractivity contribution in [2.45, 2.75) is 38.8 Å². The summed E-state index contributed by atoms with van der Waals surface area (Å²) >= 11 is 0. The van der Waals surface area contributed by atoms with Gasteiger partial charge in [0.15, 0.2) is 17.2 Å². The fourth-order valence-electron chi connectivity index (χ4n) is 2.15. The first-order valence-corrected chi connectivity index (χ1v) is 6.28. The van der Waals surface area contributed by atoms with Crippen LogP contribution in [-0.4, -0.2) is 18.7 Å². The van der Waals surface area contributed by atoms with E-state index in [4.69, 9.17) is 9.47 Å². The van der Waals surface area contributed by atoms with Gasteiger partial charge >= 0.3 is 0 Å². The molecule has 2 rings (SSSR count). The van der Waals surface area contributed by atoms with E-state index in [1.54, 1.807) is 25.3 Å². The van der Waals surface area contributed by atoms with E-state index in [-0.39, 0.29) is 5.91 Å². The Bertz CT molecular complexity index is 458. The SMILES string of the molecule is CCCCC1(C)NC(=O)c2cccc(OC)c2O1. The van der Waals surface area contributed by atoms with Crippen LogP contribution in [0.4, 0.5) is 0 Å². The predicted molar refractivity (Wildman–Crippen MR) is 69.0 cm³/mol. The molecule has 1 atom stereocenters. The number of nitrogens with one attached hydrogen (secondary N) is 1. The zero-order valence-corrected chi connectivity index (χ0v) is 11.1. The standard InChI is InChI=1S/C14H19NO3/c1-4-5-9-14(2)15-13(16)10-7-6-8-11(17-3)12(10)18-14/h6-8H,4-5,9H2,1-3H3,(H,15,16). The van der Waals surface area contributed by atoms with Crippen LogP contribution in [0.15, 0.2) is 18.2 Å². The van der Waals surface area contributed by atoms with Gasteiger partial charge < -0.3 is 14.8 Å². The van der Waals surface area contributed by atoms with Gasteiger partial charge in [-0.15, -0.1) is 0 Å². The number of rotatable bonds is 4. The number of para-hydroxylation sites is 1. The Hall–Kier alpha value is -1.71. The number of carbonyl (C=O) groups excluding carboxylic acids is 1. The molecule has 0 aliphatic carbocycles. The van der Waals surface area contributed by atoms with Crippen molar-refractivity contribution in [1.82, 2.24) is 5.32 Å². The minimum absolute atomic E-state index is 0.103. The van der Waals surface area contributed by atoms with Crippen molar-refractivity contribution in [2.75, 3.05) is 7.11 Å². The predicted octanol–water partition coefficient (Wildman–Crippen LogP) is 2.72. The van der Waals surface area contributed by atoms with Gasteiger partial charge in [0.25, 0.3) is 5.91 Å². The quantitative estimate of drug-likeness (QED) is 0.892. The van der Waals surface area contributed by atoms with Gasteiger partial charge in [-0.05, 0) is 25.5 Å². The lowest BCUT2D eigenvalue weighted by atomic mass is 10.0. The van der Waals surface area contributed by atoms with E-state index in [0.717, 1.165) is 19.3 Å². The van der Waals surface area contributed by atoms with Crippen molar-refractivity contribution in [1.29, 1.82) is 0 Å². The average molecular weight is 249 g/mol. The Balaban J connectivity index is 2.34. The molecule has 18 heavy (non-hydrogen) atoms. The van der Waals surface area contributed by atoms with E-state index in [0.29, 0.717) is 17.1 Å². The van der Waals surface area contributed by atoms with Gasteiger partial charge in [-0.2, -0.15) is 0 Å². The molecule has 1 amide bonds. The molecule has 0 saturated carbocycles. The molecular weight excluding hydrogens is 230 g/mol. The van der Waals surface area contributed by atoms with Crippen LogP contribution in [0.1, 0.15) is 43.5 Å². The minimum Gasteiger partial charge on any atom is -0.493 e. The largest absolute Gasteiger partial charge is 0.493 e. The van der Waals surface area contributed by atoms with Crippen molar-refractivity contribution in [3.63, 3.8) is 0 Å². The molecule has 98 valence electrons. The topological polar surface area (TPSA) is 47.6 Å². The van der Waals surface area contributed by atoms with Crippen LogP contribution in [0.3, 0.4) is 0 Å². The summed E-state index contributed by atoms with van der Waals surface area (Å²) in [5.74, 6) is 1.04. The lowest BCUT2D eigenvalue weighted by molar-refractivity contribution is 0.0222. The number of carbonyl (C=O) groups is 1. The van der Waals surface area contributed by atoms with E-state index in [1.807, 2.05) is 6.92 Å². The molecule has 0 saturated heterocycles. The van der Waals surface area contributed by atoms with Gasteiger partial charge in [0.2, 0.25) is 0 Å². The normalized spacial score (nSPS) is 21.8. The summed E-state index contributed by atoms with van der Waals surface area (Å²) in [6.45, 7) is 4.01. The molecule has 1 heterocycles. The Morgan fingerprint density at radius 1 is 1.44 bits per heavy atom. The lowest BCUT2D eigenvalue weighted by Gasteiger charge is -2.36. The van der Waals surface area contributed by atoms with Gasteiger partial charge in [-0.3, -0.25) is 4.79 Å². The number of fused-ring (bicyclic) bond motifs is 1. The first-order valence-electron chi connectivity index (χ1n) is 6.28. The van der Waals surface area contributed by atoms with E-state index < -0.39 is 5.72 Å². The highest BCUT2D eigenvalue weighted by Gasteiger charge is 2.36. The molecule has 0 spiro atoms. The van der Waals surface area contributed by atoms with Crippen LogP contribution < -0.4 is 14.8 Å². The summed E-state index contributed by atoms with van der Waals surface area (Å²) in [4.78, 5) is 12.1. The molecule has 1 aliphatic rings. The molecule has 1 aromatic carbocycles. The number of methoxy groups -OCH3 is 1. The number of hydrogen-bond acceptors (Lipinski definition) is 3. The number of benzene rings is 1. The fourth-order valence-corrected chi connectivity index (χ4v) is 2.15. The van der Waals surface area contributed by atoms with E-state index in [9.17, 15) is 4.79 Å².